The molecular formula is C7H13N3OS. The fourth-order valence-electron chi connectivity index (χ4n) is 0.800. The van der Waals surface area contributed by atoms with Gasteiger partial charge in [0.05, 0.1) is 6.20 Å². The van der Waals surface area contributed by atoms with Gasteiger partial charge >= 0.3 is 0 Å². The minimum atomic E-state index is -0.981. The molecule has 1 heterocycles. The van der Waals surface area contributed by atoms with Gasteiger partial charge in [0.15, 0.2) is 0 Å². The van der Waals surface area contributed by atoms with Crippen LogP contribution in [0.1, 0.15) is 18.9 Å². The van der Waals surface area contributed by atoms with Crippen molar-refractivity contribution in [3.05, 3.63) is 11.8 Å². The first kappa shape index (κ1) is 9.25. The number of hydrogen-bond donors (Lipinski definition) is 2. The van der Waals surface area contributed by atoms with Crippen molar-refractivity contribution in [1.82, 2.24) is 10.2 Å². The third-order valence-corrected chi connectivity index (χ3v) is 2.65. The Balaban J connectivity index is 2.52. The van der Waals surface area contributed by atoms with E-state index in [1.165, 1.54) is 0 Å². The second kappa shape index (κ2) is 4.25. The molecule has 1 aromatic rings. The van der Waals surface area contributed by atoms with Crippen molar-refractivity contribution >= 4 is 16.8 Å². The summed E-state index contributed by atoms with van der Waals surface area (Å²) < 4.78 is 14.1. The number of hydrogen-bond acceptors (Lipinski definition) is 2. The minimum Gasteiger partial charge on any atom is -0.290 e. The van der Waals surface area contributed by atoms with Crippen molar-refractivity contribution in [2.45, 2.75) is 20.3 Å². The van der Waals surface area contributed by atoms with Crippen LogP contribution in [0.15, 0.2) is 6.20 Å². The molecule has 5 heteroatoms. The topological polar surface area (TPSA) is 57.8 Å². The highest BCUT2D eigenvalue weighted by atomic mass is 32.2. The second-order valence-corrected chi connectivity index (χ2v) is 3.88. The van der Waals surface area contributed by atoms with Crippen LogP contribution in [0.3, 0.4) is 0 Å². The third kappa shape index (κ3) is 2.34. The van der Waals surface area contributed by atoms with Gasteiger partial charge in [-0.05, 0) is 13.3 Å². The third-order valence-electron chi connectivity index (χ3n) is 1.43. The van der Waals surface area contributed by atoms with Gasteiger partial charge in [-0.3, -0.25) is 9.82 Å². The summed E-state index contributed by atoms with van der Waals surface area (Å²) in [6, 6.07) is 0. The molecule has 0 aliphatic rings. The minimum absolute atomic E-state index is 0.665. The number of nitrogens with one attached hydrogen (secondary N) is 2. The monoisotopic (exact) mass is 187 g/mol. The van der Waals surface area contributed by atoms with Crippen molar-refractivity contribution in [1.29, 1.82) is 0 Å². The molecule has 1 atom stereocenters. The average molecular weight is 187 g/mol. The van der Waals surface area contributed by atoms with Gasteiger partial charge in [-0.15, -0.1) is 0 Å². The molecule has 0 aromatic carbocycles. The first-order valence-corrected chi connectivity index (χ1v) is 5.21. The van der Waals surface area contributed by atoms with Gasteiger partial charge in [-0.25, -0.2) is 4.21 Å². The number of anilines is 1. The zero-order chi connectivity index (χ0) is 8.97. The first-order chi connectivity index (χ1) is 5.74. The highest BCUT2D eigenvalue weighted by Crippen LogP contribution is 2.08. The van der Waals surface area contributed by atoms with E-state index in [9.17, 15) is 4.21 Å². The molecule has 0 amide bonds. The van der Waals surface area contributed by atoms with Crippen LogP contribution in [0.4, 0.5) is 5.82 Å². The molecule has 1 unspecified atom stereocenters. The highest BCUT2D eigenvalue weighted by molar-refractivity contribution is 7.86. The summed E-state index contributed by atoms with van der Waals surface area (Å²) in [7, 11) is -0.981. The summed E-state index contributed by atoms with van der Waals surface area (Å²) in [5.74, 6) is 1.42. The van der Waals surface area contributed by atoms with Crippen molar-refractivity contribution in [3.8, 4) is 0 Å². The molecule has 12 heavy (non-hydrogen) atoms. The molecule has 4 nitrogen and oxygen atoms in total. The number of aromatic nitrogens is 2. The Morgan fingerprint density at radius 1 is 1.75 bits per heavy atom. The lowest BCUT2D eigenvalue weighted by Gasteiger charge is -2.02. The molecule has 0 saturated heterocycles. The molecule has 0 spiro atoms. The van der Waals surface area contributed by atoms with Crippen LogP contribution < -0.4 is 4.72 Å². The molecule has 2 N–H and O–H groups in total. The molecule has 0 aliphatic carbocycles. The quantitative estimate of drug-likeness (QED) is 0.744. The summed E-state index contributed by atoms with van der Waals surface area (Å²) in [6.45, 7) is 3.91. The van der Waals surface area contributed by atoms with E-state index in [1.807, 2.05) is 13.8 Å². The van der Waals surface area contributed by atoms with Gasteiger partial charge in [0, 0.05) is 11.3 Å². The SMILES string of the molecule is CCCS(=O)Nc1[nH]ncc1C. The van der Waals surface area contributed by atoms with Gasteiger partial charge in [0.25, 0.3) is 0 Å². The Bertz CT molecular complexity index is 271. The Morgan fingerprint density at radius 2 is 2.50 bits per heavy atom. The predicted octanol–water partition coefficient (Wildman–Crippen LogP) is 1.20. The fraction of sp³-hybridized carbons (Fsp3) is 0.571. The van der Waals surface area contributed by atoms with Crippen LogP contribution in [-0.4, -0.2) is 20.2 Å². The summed E-state index contributed by atoms with van der Waals surface area (Å²) in [5, 5.41) is 6.55. The summed E-state index contributed by atoms with van der Waals surface area (Å²) in [4.78, 5) is 0. The van der Waals surface area contributed by atoms with E-state index in [2.05, 4.69) is 14.9 Å². The van der Waals surface area contributed by atoms with E-state index in [1.54, 1.807) is 6.20 Å². The Labute approximate surface area is 74.3 Å². The number of H-pyrrole nitrogens is 1. The number of aromatic amines is 1. The van der Waals surface area contributed by atoms with Crippen molar-refractivity contribution in [3.63, 3.8) is 0 Å². The first-order valence-electron chi connectivity index (χ1n) is 3.89. The molecule has 1 aromatic heterocycles. The lowest BCUT2D eigenvalue weighted by molar-refractivity contribution is 0.685. The van der Waals surface area contributed by atoms with Gasteiger partial charge in [0.1, 0.15) is 16.8 Å². The molecule has 0 radical (unpaired) electrons. The molecule has 0 saturated carbocycles. The summed E-state index contributed by atoms with van der Waals surface area (Å²) in [5.41, 5.74) is 0.986. The summed E-state index contributed by atoms with van der Waals surface area (Å²) in [6.07, 6.45) is 2.61. The fourth-order valence-corrected chi connectivity index (χ4v) is 1.71. The zero-order valence-corrected chi connectivity index (χ0v) is 8.07. The van der Waals surface area contributed by atoms with Gasteiger partial charge in [0.2, 0.25) is 0 Å². The largest absolute Gasteiger partial charge is 0.290 e. The van der Waals surface area contributed by atoms with Gasteiger partial charge in [-0.1, -0.05) is 6.92 Å². The standard InChI is InChI=1S/C7H13N3OS/c1-3-4-12(11)10-7-6(2)5-8-9-7/h5H,3-4H2,1-2H3,(H2,8,9,10). The van der Waals surface area contributed by atoms with E-state index in [-0.39, 0.29) is 0 Å². The van der Waals surface area contributed by atoms with Crippen molar-refractivity contribution in [2.24, 2.45) is 0 Å². The summed E-state index contributed by atoms with van der Waals surface area (Å²) >= 11 is 0. The van der Waals surface area contributed by atoms with Crippen LogP contribution in [0.2, 0.25) is 0 Å². The number of aryl methyl sites for hydroxylation is 1. The van der Waals surface area contributed by atoms with E-state index >= 15 is 0 Å². The number of nitrogens with zero attached hydrogens (tertiary/aromatic N) is 1. The number of rotatable bonds is 4. The van der Waals surface area contributed by atoms with Crippen molar-refractivity contribution < 1.29 is 4.21 Å². The zero-order valence-electron chi connectivity index (χ0n) is 7.26. The van der Waals surface area contributed by atoms with Crippen LogP contribution in [0.25, 0.3) is 0 Å². The van der Waals surface area contributed by atoms with Crippen molar-refractivity contribution in [2.75, 3.05) is 10.5 Å². The lowest BCUT2D eigenvalue weighted by atomic mass is 10.4. The molecular weight excluding hydrogens is 174 g/mol. The molecule has 1 rings (SSSR count). The Hall–Kier alpha value is -0.840. The van der Waals surface area contributed by atoms with E-state index < -0.39 is 11.0 Å². The van der Waals surface area contributed by atoms with E-state index in [4.69, 9.17) is 0 Å². The lowest BCUT2D eigenvalue weighted by Crippen LogP contribution is -2.08. The van der Waals surface area contributed by atoms with Crippen LogP contribution in [-0.2, 0) is 11.0 Å². The van der Waals surface area contributed by atoms with E-state index in [0.29, 0.717) is 5.75 Å². The van der Waals surface area contributed by atoms with Gasteiger partial charge < -0.3 is 0 Å². The maximum atomic E-state index is 11.2. The molecule has 68 valence electrons. The second-order valence-electron chi connectivity index (χ2n) is 2.58. The van der Waals surface area contributed by atoms with Crippen LogP contribution in [0.5, 0.6) is 0 Å². The molecule has 0 aliphatic heterocycles. The average Bonchev–Trinajstić information content (AvgIpc) is 2.37. The highest BCUT2D eigenvalue weighted by Gasteiger charge is 2.02. The molecule has 0 bridgehead atoms. The smallest absolute Gasteiger partial charge is 0.136 e. The maximum Gasteiger partial charge on any atom is 0.136 e. The normalized spacial score (nSPS) is 12.8. The van der Waals surface area contributed by atoms with E-state index in [0.717, 1.165) is 17.8 Å². The maximum absolute atomic E-state index is 11.2. The van der Waals surface area contributed by atoms with Crippen LogP contribution in [0, 0.1) is 6.92 Å². The van der Waals surface area contributed by atoms with Crippen LogP contribution >= 0.6 is 0 Å². The van der Waals surface area contributed by atoms with Gasteiger partial charge in [-0.2, -0.15) is 5.10 Å². The molecule has 0 fully saturated rings. The Morgan fingerprint density at radius 3 is 3.00 bits per heavy atom. The Kier molecular flexibility index (Phi) is 3.28. The predicted molar refractivity (Wildman–Crippen MR) is 50.2 cm³/mol.